The van der Waals surface area contributed by atoms with E-state index >= 15 is 0 Å². The lowest BCUT2D eigenvalue weighted by Gasteiger charge is -2.12. The fourth-order valence-electron chi connectivity index (χ4n) is 9.86. The summed E-state index contributed by atoms with van der Waals surface area (Å²) in [5, 5.41) is 7.01. The highest BCUT2D eigenvalue weighted by atomic mass is 16.3. The molecule has 0 unspecified atom stereocenters. The minimum atomic E-state index is 0.710. The van der Waals surface area contributed by atoms with Gasteiger partial charge in [-0.1, -0.05) is 194 Å². The van der Waals surface area contributed by atoms with Gasteiger partial charge in [0, 0.05) is 49.3 Å². The Kier molecular flexibility index (Phi) is 8.81. The van der Waals surface area contributed by atoms with Crippen LogP contribution in [0.4, 0.5) is 0 Å². The molecule has 13 rings (SSSR count). The molecule has 4 heteroatoms. The van der Waals surface area contributed by atoms with E-state index in [0.717, 1.165) is 88.9 Å². The molecule has 0 bridgehead atoms. The minimum absolute atomic E-state index is 0.710. The van der Waals surface area contributed by atoms with Crippen molar-refractivity contribution in [3.05, 3.63) is 237 Å². The van der Waals surface area contributed by atoms with Gasteiger partial charge in [0.05, 0.1) is 22.4 Å². The number of aromatic nitrogens is 3. The Morgan fingerprint density at radius 1 is 0.318 bits per heavy atom. The molecule has 4 nitrogen and oxygen atoms in total. The molecular weight excluding hydrogens is 803 g/mol. The first-order chi connectivity index (χ1) is 32.7. The van der Waals surface area contributed by atoms with E-state index in [-0.39, 0.29) is 0 Å². The Morgan fingerprint density at radius 2 is 0.803 bits per heavy atom. The Balaban J connectivity index is 0.856. The summed E-state index contributed by atoms with van der Waals surface area (Å²) in [7, 11) is 0. The lowest BCUT2D eigenvalue weighted by Crippen LogP contribution is -1.95. The van der Waals surface area contributed by atoms with E-state index in [2.05, 4.69) is 205 Å². The Morgan fingerprint density at radius 3 is 1.44 bits per heavy atom. The smallest absolute Gasteiger partial charge is 0.160 e. The van der Waals surface area contributed by atoms with Gasteiger partial charge in [0.25, 0.3) is 0 Å². The highest BCUT2D eigenvalue weighted by Gasteiger charge is 2.19. The molecule has 3 heterocycles. The van der Waals surface area contributed by atoms with Gasteiger partial charge in [-0.25, -0.2) is 9.97 Å². The molecule has 0 fully saturated rings. The largest absolute Gasteiger partial charge is 0.455 e. The number of nitrogens with zero attached hydrogens (tertiary/aromatic N) is 3. The molecule has 66 heavy (non-hydrogen) atoms. The molecule has 0 saturated heterocycles. The summed E-state index contributed by atoms with van der Waals surface area (Å²) in [5.41, 5.74) is 17.1. The molecule has 0 aliphatic rings. The first kappa shape index (κ1) is 37.7. The third kappa shape index (κ3) is 6.30. The first-order valence-electron chi connectivity index (χ1n) is 22.4. The first-order valence-corrected chi connectivity index (χ1v) is 22.4. The lowest BCUT2D eigenvalue weighted by molar-refractivity contribution is 0.673. The van der Waals surface area contributed by atoms with Gasteiger partial charge in [0.2, 0.25) is 0 Å². The maximum atomic E-state index is 6.76. The highest BCUT2D eigenvalue weighted by molar-refractivity contribution is 6.22. The third-order valence-corrected chi connectivity index (χ3v) is 13.1. The van der Waals surface area contributed by atoms with Crippen molar-refractivity contribution in [2.24, 2.45) is 0 Å². The normalized spacial score (nSPS) is 11.6. The quantitative estimate of drug-likeness (QED) is 0.161. The van der Waals surface area contributed by atoms with Gasteiger partial charge >= 0.3 is 0 Å². The Bertz CT molecular complexity index is 3830. The fourth-order valence-corrected chi connectivity index (χ4v) is 9.86. The summed E-state index contributed by atoms with van der Waals surface area (Å²) < 4.78 is 9.13. The third-order valence-electron chi connectivity index (χ3n) is 13.1. The van der Waals surface area contributed by atoms with Crippen LogP contribution in [-0.4, -0.2) is 14.5 Å². The van der Waals surface area contributed by atoms with Crippen LogP contribution in [0.2, 0.25) is 0 Å². The maximum absolute atomic E-state index is 6.76. The molecular formula is C62H39N3O. The van der Waals surface area contributed by atoms with E-state index in [9.17, 15) is 0 Å². The average Bonchev–Trinajstić information content (AvgIpc) is 3.95. The zero-order valence-corrected chi connectivity index (χ0v) is 35.8. The van der Waals surface area contributed by atoms with Crippen LogP contribution in [0.5, 0.6) is 0 Å². The second-order valence-corrected chi connectivity index (χ2v) is 16.9. The van der Waals surface area contributed by atoms with Crippen molar-refractivity contribution in [1.29, 1.82) is 0 Å². The van der Waals surface area contributed by atoms with Crippen LogP contribution in [0.1, 0.15) is 0 Å². The van der Waals surface area contributed by atoms with Crippen LogP contribution in [0, 0.1) is 0 Å². The molecule has 0 spiro atoms. The molecule has 0 atom stereocenters. The lowest BCUT2D eigenvalue weighted by atomic mass is 9.93. The molecule has 0 amide bonds. The predicted molar refractivity (Wildman–Crippen MR) is 274 cm³/mol. The van der Waals surface area contributed by atoms with Gasteiger partial charge in [0.15, 0.2) is 5.82 Å². The number of hydrogen-bond acceptors (Lipinski definition) is 3. The molecule has 0 aliphatic heterocycles. The van der Waals surface area contributed by atoms with E-state index in [4.69, 9.17) is 14.4 Å². The van der Waals surface area contributed by atoms with Gasteiger partial charge < -0.3 is 8.98 Å². The number of para-hydroxylation sites is 2. The second kappa shape index (κ2) is 15.4. The second-order valence-electron chi connectivity index (χ2n) is 16.9. The van der Waals surface area contributed by atoms with Crippen LogP contribution in [-0.2, 0) is 0 Å². The highest BCUT2D eigenvalue weighted by Crippen LogP contribution is 2.44. The standard InChI is InChI=1S/C62H39N3O/c1-3-14-44(15-4-1)55-39-56(64-62(63-55)46-16-5-2-6-17-46)45-32-28-41(29-33-45)40-26-30-42(31-27-40)48-22-13-25-59-60(48)54-38-53(49-18-7-8-21-52(49)61(54)66-59)43-34-36-47(37-35-43)65-57-23-11-9-19-50(57)51-20-10-12-24-58(51)65/h1-39H. The van der Waals surface area contributed by atoms with Crippen LogP contribution < -0.4 is 0 Å². The SMILES string of the molecule is c1ccc(-c2cc(-c3ccc(-c4ccc(-c5cccc6oc7c8ccccc8c(-c8ccc(-n9c%10ccccc%10c%10ccccc%109)cc8)cc7c56)cc4)cc3)nc(-c3ccccc3)n2)cc1. The van der Waals surface area contributed by atoms with Crippen molar-refractivity contribution in [2.45, 2.75) is 0 Å². The average molecular weight is 842 g/mol. The van der Waals surface area contributed by atoms with Crippen molar-refractivity contribution >= 4 is 54.5 Å². The summed E-state index contributed by atoms with van der Waals surface area (Å²) in [6, 6.07) is 83.9. The van der Waals surface area contributed by atoms with Gasteiger partial charge in [0.1, 0.15) is 11.2 Å². The summed E-state index contributed by atoms with van der Waals surface area (Å²) in [6.07, 6.45) is 0. The van der Waals surface area contributed by atoms with Crippen molar-refractivity contribution in [1.82, 2.24) is 14.5 Å². The number of furan rings is 1. The van der Waals surface area contributed by atoms with Gasteiger partial charge in [-0.15, -0.1) is 0 Å². The van der Waals surface area contributed by atoms with E-state index < -0.39 is 0 Å². The van der Waals surface area contributed by atoms with Crippen LogP contribution in [0.15, 0.2) is 241 Å². The number of benzene rings is 10. The van der Waals surface area contributed by atoms with Crippen molar-refractivity contribution in [2.75, 3.05) is 0 Å². The van der Waals surface area contributed by atoms with Gasteiger partial charge in [-0.2, -0.15) is 0 Å². The Hall–Kier alpha value is -8.86. The van der Waals surface area contributed by atoms with Crippen LogP contribution >= 0.6 is 0 Å². The number of hydrogen-bond donors (Lipinski definition) is 0. The summed E-state index contributed by atoms with van der Waals surface area (Å²) in [6.45, 7) is 0. The van der Waals surface area contributed by atoms with Crippen molar-refractivity contribution in [3.63, 3.8) is 0 Å². The van der Waals surface area contributed by atoms with Gasteiger partial charge in [-0.05, 0) is 81.2 Å². The fraction of sp³-hybridized carbons (Fsp3) is 0. The van der Waals surface area contributed by atoms with Crippen LogP contribution in [0.25, 0.3) is 127 Å². The number of fused-ring (bicyclic) bond motifs is 8. The zero-order valence-electron chi connectivity index (χ0n) is 35.8. The molecule has 0 aliphatic carbocycles. The minimum Gasteiger partial charge on any atom is -0.455 e. The number of rotatable bonds is 7. The van der Waals surface area contributed by atoms with E-state index in [1.165, 1.54) is 32.8 Å². The molecule has 308 valence electrons. The summed E-state index contributed by atoms with van der Waals surface area (Å²) in [5.74, 6) is 0.710. The van der Waals surface area contributed by atoms with Crippen LogP contribution in [0.3, 0.4) is 0 Å². The zero-order chi connectivity index (χ0) is 43.6. The summed E-state index contributed by atoms with van der Waals surface area (Å²) in [4.78, 5) is 10.0. The Labute approximate surface area is 381 Å². The van der Waals surface area contributed by atoms with E-state index in [0.29, 0.717) is 5.82 Å². The van der Waals surface area contributed by atoms with Crippen molar-refractivity contribution in [3.8, 4) is 73.0 Å². The van der Waals surface area contributed by atoms with Gasteiger partial charge in [-0.3, -0.25) is 0 Å². The predicted octanol–water partition coefficient (Wildman–Crippen LogP) is 16.6. The maximum Gasteiger partial charge on any atom is 0.160 e. The molecule has 10 aromatic carbocycles. The van der Waals surface area contributed by atoms with E-state index in [1.54, 1.807) is 0 Å². The summed E-state index contributed by atoms with van der Waals surface area (Å²) >= 11 is 0. The molecule has 0 saturated carbocycles. The molecule has 3 aromatic heterocycles. The molecule has 0 N–H and O–H groups in total. The van der Waals surface area contributed by atoms with E-state index in [1.807, 2.05) is 36.4 Å². The van der Waals surface area contributed by atoms with Crippen molar-refractivity contribution < 1.29 is 4.42 Å². The monoisotopic (exact) mass is 841 g/mol. The molecule has 0 radical (unpaired) electrons. The topological polar surface area (TPSA) is 43.9 Å². The molecule has 13 aromatic rings.